The minimum atomic E-state index is -2.62. The molecule has 1 heterocycles. The Labute approximate surface area is 204 Å². The summed E-state index contributed by atoms with van der Waals surface area (Å²) in [7, 11) is 1.53. The fourth-order valence-corrected chi connectivity index (χ4v) is 22.0. The number of hydrogen-bond acceptors (Lipinski definition) is 2. The number of hydrogen-bond donors (Lipinski definition) is 0. The van der Waals surface area contributed by atoms with Crippen LogP contribution in [0.25, 0.3) is 10.9 Å². The van der Waals surface area contributed by atoms with Crippen LogP contribution in [0.2, 0.25) is 18.3 Å². The summed E-state index contributed by atoms with van der Waals surface area (Å²) in [6.45, 7) is 18.5. The van der Waals surface area contributed by atoms with Crippen molar-refractivity contribution in [2.24, 2.45) is 7.05 Å². The summed E-state index contributed by atoms with van der Waals surface area (Å²) in [5.41, 5.74) is 2.38. The Kier molecular flexibility index (Phi) is 10.4. The van der Waals surface area contributed by atoms with Gasteiger partial charge in [0.1, 0.15) is 0 Å². The van der Waals surface area contributed by atoms with Gasteiger partial charge in [-0.05, 0) is 0 Å². The van der Waals surface area contributed by atoms with Crippen LogP contribution in [0.15, 0.2) is 18.2 Å². The first-order valence-electron chi connectivity index (χ1n) is 13.1. The number of nitrogens with zero attached hydrogens (tertiary/aromatic N) is 2. The molecule has 0 aliphatic heterocycles. The van der Waals surface area contributed by atoms with Crippen LogP contribution in [-0.2, 0) is 17.1 Å². The Hall–Kier alpha value is -0.334. The molecule has 182 valence electrons. The molecule has 0 fully saturated rings. The molecule has 2 rings (SSSR count). The molecule has 0 amide bonds. The van der Waals surface area contributed by atoms with E-state index in [9.17, 15) is 0 Å². The summed E-state index contributed by atoms with van der Waals surface area (Å²) in [6.07, 6.45) is 7.99. The average Bonchev–Trinajstić information content (AvgIpc) is 3.08. The molecule has 5 heteroatoms. The standard InChI is InChI=1S/C15H23N2OSi.3C4H9.Sn/c1-14(2,3)19-18-15(4,5)12-7-8-13-11(9-12)10-16-17(13)6;3*1-3-4-2;/h7-9H,19H2,1-6H3;3*1,3-4H2,2H3;. The van der Waals surface area contributed by atoms with Gasteiger partial charge in [0.25, 0.3) is 0 Å². The molecule has 0 spiro atoms. The third kappa shape index (κ3) is 7.08. The molecule has 0 aliphatic rings. The molecule has 0 radical (unpaired) electrons. The first-order chi connectivity index (χ1) is 15.0. The molecule has 1 aromatic heterocycles. The predicted octanol–water partition coefficient (Wildman–Crippen LogP) is 7.18. The molecule has 0 saturated heterocycles. The molecule has 0 bridgehead atoms. The van der Waals surface area contributed by atoms with E-state index in [4.69, 9.17) is 9.52 Å². The average molecular weight is 566 g/mol. The van der Waals surface area contributed by atoms with Crippen molar-refractivity contribution in [3.8, 4) is 0 Å². The van der Waals surface area contributed by atoms with Gasteiger partial charge in [-0.3, -0.25) is 0 Å². The van der Waals surface area contributed by atoms with E-state index in [1.807, 2.05) is 0 Å². The zero-order valence-corrected chi connectivity index (χ0v) is 26.9. The second-order valence-electron chi connectivity index (χ2n) is 11.7. The summed E-state index contributed by atoms with van der Waals surface area (Å²) >= 11 is -2.62. The van der Waals surface area contributed by atoms with E-state index < -0.39 is 28.1 Å². The molecular formula is C27H50N2OSiSn. The van der Waals surface area contributed by atoms with Gasteiger partial charge in [-0.2, -0.15) is 0 Å². The quantitative estimate of drug-likeness (QED) is 0.241. The van der Waals surface area contributed by atoms with Crippen LogP contribution in [0.1, 0.15) is 99.5 Å². The Morgan fingerprint density at radius 3 is 1.91 bits per heavy atom. The van der Waals surface area contributed by atoms with Crippen molar-refractivity contribution in [3.63, 3.8) is 0 Å². The molecule has 0 atom stereocenters. The van der Waals surface area contributed by atoms with E-state index in [0.29, 0.717) is 5.04 Å². The van der Waals surface area contributed by atoms with Gasteiger partial charge in [0, 0.05) is 0 Å². The van der Waals surface area contributed by atoms with Gasteiger partial charge in [0.2, 0.25) is 0 Å². The zero-order chi connectivity index (χ0) is 24.0. The zero-order valence-electron chi connectivity index (χ0n) is 22.6. The minimum absolute atomic E-state index is 0.241. The van der Waals surface area contributed by atoms with Gasteiger partial charge < -0.3 is 0 Å². The van der Waals surface area contributed by atoms with Crippen molar-refractivity contribution in [3.05, 3.63) is 23.8 Å². The first kappa shape index (κ1) is 27.9. The molecule has 3 nitrogen and oxygen atoms in total. The number of aryl methyl sites for hydroxylation is 1. The maximum atomic E-state index is 6.58. The van der Waals surface area contributed by atoms with Gasteiger partial charge in [-0.25, -0.2) is 0 Å². The van der Waals surface area contributed by atoms with Crippen LogP contribution in [0.4, 0.5) is 0 Å². The van der Waals surface area contributed by atoms with Gasteiger partial charge in [-0.15, -0.1) is 0 Å². The topological polar surface area (TPSA) is 27.1 Å². The molecular weight excluding hydrogens is 515 g/mol. The molecule has 1 aromatic carbocycles. The summed E-state index contributed by atoms with van der Waals surface area (Å²) < 4.78 is 14.7. The van der Waals surface area contributed by atoms with Crippen LogP contribution >= 0.6 is 0 Å². The second-order valence-corrected chi connectivity index (χ2v) is 27.3. The van der Waals surface area contributed by atoms with E-state index >= 15 is 0 Å². The maximum absolute atomic E-state index is 6.58. The van der Waals surface area contributed by atoms with Crippen LogP contribution in [0.5, 0.6) is 0 Å². The van der Waals surface area contributed by atoms with Crippen LogP contribution in [0, 0.1) is 0 Å². The Morgan fingerprint density at radius 1 is 0.906 bits per heavy atom. The monoisotopic (exact) mass is 566 g/mol. The summed E-state index contributed by atoms with van der Waals surface area (Å²) in [5.74, 6) is 0. The normalized spacial score (nSPS) is 13.7. The van der Waals surface area contributed by atoms with Gasteiger partial charge in [0.15, 0.2) is 0 Å². The Morgan fingerprint density at radius 2 is 1.44 bits per heavy atom. The molecule has 2 aromatic rings. The van der Waals surface area contributed by atoms with Crippen molar-refractivity contribution in [1.29, 1.82) is 0 Å². The number of fused-ring (bicyclic) bond motifs is 1. The van der Waals surface area contributed by atoms with Crippen molar-refractivity contribution >= 4 is 42.8 Å². The van der Waals surface area contributed by atoms with Crippen molar-refractivity contribution in [2.45, 2.75) is 118 Å². The fraction of sp³-hybridized carbons (Fsp3) is 0.741. The Bertz CT molecular complexity index is 831. The van der Waals surface area contributed by atoms with Crippen molar-refractivity contribution < 1.29 is 4.43 Å². The predicted molar refractivity (Wildman–Crippen MR) is 148 cm³/mol. The molecule has 0 N–H and O–H groups in total. The van der Waals surface area contributed by atoms with E-state index in [0.717, 1.165) is 0 Å². The van der Waals surface area contributed by atoms with E-state index in [1.165, 1.54) is 68.3 Å². The number of rotatable bonds is 13. The summed E-state index contributed by atoms with van der Waals surface area (Å²) in [5, 5.41) is 7.05. The van der Waals surface area contributed by atoms with E-state index in [-0.39, 0.29) is 5.60 Å². The van der Waals surface area contributed by atoms with Gasteiger partial charge in [-0.1, -0.05) is 0 Å². The number of unbranched alkanes of at least 4 members (excludes halogenated alkanes) is 3. The number of aromatic nitrogens is 2. The Balaban J connectivity index is 2.59. The van der Waals surface area contributed by atoms with E-state index in [2.05, 4.69) is 85.3 Å². The molecule has 0 aliphatic carbocycles. The summed E-state index contributed by atoms with van der Waals surface area (Å²) in [6, 6.07) is 7.05. The molecule has 0 unspecified atom stereocenters. The van der Waals surface area contributed by atoms with Crippen molar-refractivity contribution in [2.75, 3.05) is 0 Å². The second kappa shape index (κ2) is 11.9. The van der Waals surface area contributed by atoms with Gasteiger partial charge >= 0.3 is 206 Å². The van der Waals surface area contributed by atoms with Gasteiger partial charge in [0.05, 0.1) is 0 Å². The SMILES string of the molecule is CCC[CH2][Sn]([CH2]CCC)([CH2]CCC)[c]1nn(C)c2ccc(C(C)(C)O[SiH2]C(C)(C)C)cc12. The fourth-order valence-electron chi connectivity index (χ4n) is 4.79. The third-order valence-corrected chi connectivity index (χ3v) is 23.8. The third-order valence-electron chi connectivity index (χ3n) is 6.94. The number of benzene rings is 1. The molecule has 0 saturated carbocycles. The molecule has 32 heavy (non-hydrogen) atoms. The summed E-state index contributed by atoms with van der Waals surface area (Å²) in [4.78, 5) is 0. The first-order valence-corrected chi connectivity index (χ1v) is 21.9. The van der Waals surface area contributed by atoms with Crippen LogP contribution in [-0.4, -0.2) is 37.9 Å². The van der Waals surface area contributed by atoms with E-state index in [1.54, 1.807) is 3.71 Å². The van der Waals surface area contributed by atoms with Crippen LogP contribution < -0.4 is 3.71 Å². The van der Waals surface area contributed by atoms with Crippen molar-refractivity contribution in [1.82, 2.24) is 9.78 Å². The van der Waals surface area contributed by atoms with Crippen LogP contribution in [0.3, 0.4) is 0 Å².